The van der Waals surface area contributed by atoms with Crippen LogP contribution in [0.2, 0.25) is 0 Å². The lowest BCUT2D eigenvalue weighted by Crippen LogP contribution is -2.42. The van der Waals surface area contributed by atoms with Gasteiger partial charge in [-0.25, -0.2) is 0 Å². The number of nitrogens with zero attached hydrogens (tertiary/aromatic N) is 3. The number of aliphatic hydroxyl groups excluding tert-OH is 1. The zero-order valence-electron chi connectivity index (χ0n) is 21.2. The van der Waals surface area contributed by atoms with Gasteiger partial charge in [0.05, 0.1) is 30.8 Å². The van der Waals surface area contributed by atoms with Crippen LogP contribution in [0.5, 0.6) is 11.5 Å². The molecule has 3 aromatic rings. The molecule has 0 aliphatic carbocycles. The van der Waals surface area contributed by atoms with E-state index in [4.69, 9.17) is 10.5 Å². The summed E-state index contributed by atoms with van der Waals surface area (Å²) in [4.78, 5) is 26.6. The lowest BCUT2D eigenvalue weighted by molar-refractivity contribution is -0.274. The Balaban J connectivity index is 1.33. The van der Waals surface area contributed by atoms with Gasteiger partial charge in [0, 0.05) is 37.7 Å². The van der Waals surface area contributed by atoms with E-state index in [9.17, 15) is 27.9 Å². The van der Waals surface area contributed by atoms with Crippen molar-refractivity contribution in [2.24, 2.45) is 5.73 Å². The molecule has 1 aromatic heterocycles. The van der Waals surface area contributed by atoms with Crippen molar-refractivity contribution in [1.29, 1.82) is 0 Å². The second-order valence-corrected chi connectivity index (χ2v) is 9.44. The van der Waals surface area contributed by atoms with Crippen molar-refractivity contribution in [1.82, 2.24) is 14.7 Å². The number of benzene rings is 2. The molecule has 9 nitrogen and oxygen atoms in total. The third kappa shape index (κ3) is 7.73. The van der Waals surface area contributed by atoms with Crippen LogP contribution in [0, 0.1) is 0 Å². The maximum Gasteiger partial charge on any atom is 0.573 e. The molecular formula is C27H29F3N4O5. The molecule has 1 aliphatic rings. The number of hydrogen-bond donors (Lipinski definition) is 2. The lowest BCUT2D eigenvalue weighted by atomic mass is 10.0. The molecule has 2 aromatic carbocycles. The monoisotopic (exact) mass is 546 g/mol. The van der Waals surface area contributed by atoms with E-state index in [0.29, 0.717) is 43.8 Å². The maximum absolute atomic E-state index is 12.7. The van der Waals surface area contributed by atoms with E-state index in [1.54, 1.807) is 47.1 Å². The van der Waals surface area contributed by atoms with E-state index in [0.717, 1.165) is 11.1 Å². The Morgan fingerprint density at radius 3 is 2.44 bits per heavy atom. The molecule has 0 spiro atoms. The summed E-state index contributed by atoms with van der Waals surface area (Å²) in [6.07, 6.45) is -1.01. The van der Waals surface area contributed by atoms with Crippen LogP contribution < -0.4 is 15.2 Å². The third-order valence-corrected chi connectivity index (χ3v) is 6.26. The van der Waals surface area contributed by atoms with Crippen LogP contribution in [-0.4, -0.2) is 63.3 Å². The summed E-state index contributed by atoms with van der Waals surface area (Å²) in [7, 11) is 0. The van der Waals surface area contributed by atoms with Crippen LogP contribution in [-0.2, 0) is 17.8 Å². The summed E-state index contributed by atoms with van der Waals surface area (Å²) < 4.78 is 48.5. The number of ether oxygens (including phenoxy) is 2. The largest absolute Gasteiger partial charge is 0.573 e. The van der Waals surface area contributed by atoms with E-state index in [1.807, 2.05) is 0 Å². The molecule has 39 heavy (non-hydrogen) atoms. The molecule has 2 amide bonds. The highest BCUT2D eigenvalue weighted by Gasteiger charge is 2.31. The SMILES string of the molecule is C[C@H](O)Cn1cc(-c2ccc(OC3CCN(C(=O)Cc4ccc(OC(F)(F)F)cc4)CC3)c(C(N)=O)c2)cn1. The van der Waals surface area contributed by atoms with Crippen molar-refractivity contribution in [2.45, 2.75) is 51.3 Å². The first-order chi connectivity index (χ1) is 18.5. The minimum atomic E-state index is -4.77. The first-order valence-corrected chi connectivity index (χ1v) is 12.4. The Labute approximate surface area is 222 Å². The number of primary amides is 1. The van der Waals surface area contributed by atoms with Gasteiger partial charge in [-0.15, -0.1) is 13.2 Å². The number of aromatic nitrogens is 2. The molecule has 3 N–H and O–H groups in total. The van der Waals surface area contributed by atoms with Gasteiger partial charge in [-0.1, -0.05) is 18.2 Å². The fourth-order valence-corrected chi connectivity index (χ4v) is 4.39. The molecular weight excluding hydrogens is 517 g/mol. The van der Waals surface area contributed by atoms with Crippen LogP contribution in [0.4, 0.5) is 13.2 Å². The van der Waals surface area contributed by atoms with Crippen molar-refractivity contribution in [3.05, 3.63) is 66.0 Å². The van der Waals surface area contributed by atoms with Crippen LogP contribution >= 0.6 is 0 Å². The summed E-state index contributed by atoms with van der Waals surface area (Å²) >= 11 is 0. The van der Waals surface area contributed by atoms with Crippen LogP contribution in [0.1, 0.15) is 35.7 Å². The quantitative estimate of drug-likeness (QED) is 0.424. The van der Waals surface area contributed by atoms with Gasteiger partial charge in [0.25, 0.3) is 5.91 Å². The normalized spacial score (nSPS) is 15.2. The highest BCUT2D eigenvalue weighted by Crippen LogP contribution is 2.29. The number of carbonyl (C=O) groups is 2. The van der Waals surface area contributed by atoms with Gasteiger partial charge in [0.15, 0.2) is 0 Å². The molecule has 1 atom stereocenters. The van der Waals surface area contributed by atoms with Crippen molar-refractivity contribution in [3.8, 4) is 22.6 Å². The Kier molecular flexibility index (Phi) is 8.44. The molecule has 208 valence electrons. The summed E-state index contributed by atoms with van der Waals surface area (Å²) in [5.41, 5.74) is 7.92. The Bertz CT molecular complexity index is 1300. The first kappa shape index (κ1) is 28.0. The number of likely N-dealkylation sites (tertiary alicyclic amines) is 1. The van der Waals surface area contributed by atoms with Gasteiger partial charge >= 0.3 is 6.36 Å². The summed E-state index contributed by atoms with van der Waals surface area (Å²) in [6.45, 7) is 2.88. The number of carbonyl (C=O) groups excluding carboxylic acids is 2. The van der Waals surface area contributed by atoms with Gasteiger partial charge in [0.1, 0.15) is 17.6 Å². The number of alkyl halides is 3. The Morgan fingerprint density at radius 2 is 1.82 bits per heavy atom. The first-order valence-electron chi connectivity index (χ1n) is 12.4. The second kappa shape index (κ2) is 11.8. The zero-order chi connectivity index (χ0) is 28.2. The van der Waals surface area contributed by atoms with Gasteiger partial charge in [-0.05, 0) is 42.3 Å². The molecule has 0 bridgehead atoms. The summed E-state index contributed by atoms with van der Waals surface area (Å²) in [5.74, 6) is -0.765. The van der Waals surface area contributed by atoms with E-state index in [1.165, 1.54) is 24.3 Å². The summed E-state index contributed by atoms with van der Waals surface area (Å²) in [6, 6.07) is 10.4. The van der Waals surface area contributed by atoms with Gasteiger partial charge in [-0.3, -0.25) is 14.3 Å². The number of hydrogen-bond acceptors (Lipinski definition) is 6. The molecule has 1 aliphatic heterocycles. The van der Waals surface area contributed by atoms with Crippen LogP contribution in [0.15, 0.2) is 54.9 Å². The number of amides is 2. The lowest BCUT2D eigenvalue weighted by Gasteiger charge is -2.32. The minimum Gasteiger partial charge on any atom is -0.489 e. The molecule has 1 saturated heterocycles. The van der Waals surface area contributed by atoms with Gasteiger partial charge in [0.2, 0.25) is 5.91 Å². The molecule has 0 unspecified atom stereocenters. The van der Waals surface area contributed by atoms with Gasteiger partial charge in [-0.2, -0.15) is 5.10 Å². The zero-order valence-corrected chi connectivity index (χ0v) is 21.2. The molecule has 4 rings (SSSR count). The minimum absolute atomic E-state index is 0.0545. The molecule has 12 heteroatoms. The Hall–Kier alpha value is -4.06. The number of nitrogens with two attached hydrogens (primary N) is 1. The average molecular weight is 547 g/mol. The summed E-state index contributed by atoms with van der Waals surface area (Å²) in [5, 5.41) is 13.8. The third-order valence-electron chi connectivity index (χ3n) is 6.26. The molecule has 1 fully saturated rings. The van der Waals surface area contributed by atoms with Gasteiger partial charge < -0.3 is 25.2 Å². The van der Waals surface area contributed by atoms with Crippen molar-refractivity contribution < 1.29 is 37.3 Å². The van der Waals surface area contributed by atoms with Crippen molar-refractivity contribution in [3.63, 3.8) is 0 Å². The second-order valence-electron chi connectivity index (χ2n) is 9.44. The Morgan fingerprint density at radius 1 is 1.13 bits per heavy atom. The highest BCUT2D eigenvalue weighted by molar-refractivity contribution is 5.97. The van der Waals surface area contributed by atoms with Crippen molar-refractivity contribution >= 4 is 11.8 Å². The topological polar surface area (TPSA) is 120 Å². The van der Waals surface area contributed by atoms with E-state index in [2.05, 4.69) is 9.84 Å². The smallest absolute Gasteiger partial charge is 0.489 e. The fraction of sp³-hybridized carbons (Fsp3) is 0.370. The standard InChI is InChI=1S/C27H29F3N4O5/c1-17(35)15-34-16-20(14-32-34)19-4-7-24(23(13-19)26(31)37)38-21-8-10-33(11-9-21)25(36)12-18-2-5-22(6-3-18)39-27(28,29)30/h2-7,13-14,16-17,21,35H,8-12,15H2,1H3,(H2,31,37)/t17-/m0/s1. The van der Waals surface area contributed by atoms with E-state index in [-0.39, 0.29) is 29.7 Å². The van der Waals surface area contributed by atoms with Crippen molar-refractivity contribution in [2.75, 3.05) is 13.1 Å². The average Bonchev–Trinajstić information content (AvgIpc) is 3.32. The van der Waals surface area contributed by atoms with E-state index >= 15 is 0 Å². The number of rotatable bonds is 9. The molecule has 2 heterocycles. The predicted octanol–water partition coefficient (Wildman–Crippen LogP) is 3.54. The number of piperidine rings is 1. The predicted molar refractivity (Wildman–Crippen MR) is 135 cm³/mol. The number of halogens is 3. The molecule has 0 saturated carbocycles. The fourth-order valence-electron chi connectivity index (χ4n) is 4.39. The van der Waals surface area contributed by atoms with Crippen LogP contribution in [0.3, 0.4) is 0 Å². The number of aliphatic hydroxyl groups is 1. The van der Waals surface area contributed by atoms with Crippen LogP contribution in [0.25, 0.3) is 11.1 Å². The molecule has 0 radical (unpaired) electrons. The van der Waals surface area contributed by atoms with E-state index < -0.39 is 18.4 Å². The highest BCUT2D eigenvalue weighted by atomic mass is 19.4. The maximum atomic E-state index is 12.7.